The molecular weight excluding hydrogens is 324 g/mol. The first-order chi connectivity index (χ1) is 11.5. The number of fused-ring (bicyclic) bond motifs is 4. The molecule has 0 atom stereocenters. The third-order valence-electron chi connectivity index (χ3n) is 4.31. The fraction of sp³-hybridized carbons (Fsp3) is 0.0526. The molecule has 0 radical (unpaired) electrons. The van der Waals surface area contributed by atoms with Crippen molar-refractivity contribution in [1.82, 2.24) is 0 Å². The van der Waals surface area contributed by atoms with Gasteiger partial charge in [0.15, 0.2) is 5.75 Å². The van der Waals surface area contributed by atoms with E-state index in [9.17, 15) is 13.0 Å². The minimum Gasteiger partial charge on any atom is -0.360 e. The molecule has 5 heteroatoms. The third-order valence-corrected chi connectivity index (χ3v) is 4.69. The highest BCUT2D eigenvalue weighted by atomic mass is 32.3. The number of hydrogen-bond donors (Lipinski definition) is 1. The number of allylic oxidation sites excluding steroid dienone is 2. The summed E-state index contributed by atoms with van der Waals surface area (Å²) in [6, 6.07) is 11.0. The van der Waals surface area contributed by atoms with E-state index in [1.54, 1.807) is 12.1 Å². The lowest BCUT2D eigenvalue weighted by molar-refractivity contribution is 0.390. The summed E-state index contributed by atoms with van der Waals surface area (Å²) < 4.78 is 36.9. The lowest BCUT2D eigenvalue weighted by atomic mass is 9.92. The van der Waals surface area contributed by atoms with Crippen molar-refractivity contribution in [1.29, 1.82) is 0 Å². The molecule has 0 saturated carbocycles. The van der Waals surface area contributed by atoms with E-state index in [-0.39, 0.29) is 5.75 Å². The van der Waals surface area contributed by atoms with Crippen LogP contribution in [0.4, 0.5) is 0 Å². The SMILES string of the molecule is C=c1c2ccccc2c(OS(=O)(=O)O)c2ccc3c(c12)CC=CC=3. The molecule has 0 bridgehead atoms. The van der Waals surface area contributed by atoms with Gasteiger partial charge in [0, 0.05) is 10.8 Å². The lowest BCUT2D eigenvalue weighted by Crippen LogP contribution is -2.17. The van der Waals surface area contributed by atoms with Gasteiger partial charge in [0.25, 0.3) is 0 Å². The molecule has 0 aliphatic heterocycles. The molecular formula is C19H14O4S. The highest BCUT2D eigenvalue weighted by Gasteiger charge is 2.18. The zero-order chi connectivity index (χ0) is 16.9. The molecule has 0 spiro atoms. The van der Waals surface area contributed by atoms with Crippen LogP contribution in [-0.2, 0) is 16.8 Å². The zero-order valence-electron chi connectivity index (χ0n) is 12.7. The van der Waals surface area contributed by atoms with E-state index in [2.05, 4.69) is 6.58 Å². The Morgan fingerprint density at radius 1 is 1.04 bits per heavy atom. The van der Waals surface area contributed by atoms with Crippen LogP contribution in [0.25, 0.3) is 34.2 Å². The molecule has 1 aliphatic carbocycles. The van der Waals surface area contributed by atoms with Gasteiger partial charge in [-0.2, -0.15) is 8.42 Å². The first kappa shape index (κ1) is 14.9. The molecule has 0 heterocycles. The topological polar surface area (TPSA) is 63.6 Å². The second-order valence-corrected chi connectivity index (χ2v) is 6.74. The van der Waals surface area contributed by atoms with E-state index >= 15 is 0 Å². The number of rotatable bonds is 2. The molecule has 3 aromatic rings. The molecule has 120 valence electrons. The van der Waals surface area contributed by atoms with Crippen LogP contribution in [0.2, 0.25) is 0 Å². The van der Waals surface area contributed by atoms with E-state index in [0.29, 0.717) is 10.8 Å². The third kappa shape index (κ3) is 2.29. The summed E-state index contributed by atoms with van der Waals surface area (Å²) in [5, 5.41) is 4.78. The van der Waals surface area contributed by atoms with Gasteiger partial charge in [0.1, 0.15) is 0 Å². The Hall–Kier alpha value is -2.63. The summed E-state index contributed by atoms with van der Waals surface area (Å²) >= 11 is 0. The highest BCUT2D eigenvalue weighted by molar-refractivity contribution is 7.81. The number of benzene rings is 3. The fourth-order valence-corrected chi connectivity index (χ4v) is 3.74. The van der Waals surface area contributed by atoms with Crippen LogP contribution < -0.4 is 14.6 Å². The molecule has 0 unspecified atom stereocenters. The van der Waals surface area contributed by atoms with Crippen LogP contribution in [0.5, 0.6) is 5.75 Å². The maximum Gasteiger partial charge on any atom is 0.446 e. The van der Waals surface area contributed by atoms with Crippen molar-refractivity contribution < 1.29 is 17.2 Å². The monoisotopic (exact) mass is 338 g/mol. The lowest BCUT2D eigenvalue weighted by Gasteiger charge is -2.15. The van der Waals surface area contributed by atoms with Crippen molar-refractivity contribution in [2.24, 2.45) is 0 Å². The average molecular weight is 338 g/mol. The van der Waals surface area contributed by atoms with Gasteiger partial charge in [-0.25, -0.2) is 0 Å². The van der Waals surface area contributed by atoms with Crippen molar-refractivity contribution in [2.45, 2.75) is 6.42 Å². The Balaban J connectivity index is 2.27. The molecule has 0 amide bonds. The molecule has 0 aromatic heterocycles. The van der Waals surface area contributed by atoms with Gasteiger partial charge in [-0.15, -0.1) is 0 Å². The second kappa shape index (κ2) is 5.19. The molecule has 1 aliphatic rings. The quantitative estimate of drug-likeness (QED) is 0.576. The maximum atomic E-state index is 11.4. The van der Waals surface area contributed by atoms with Crippen LogP contribution in [0.1, 0.15) is 5.56 Å². The molecule has 0 saturated heterocycles. The summed E-state index contributed by atoms with van der Waals surface area (Å²) in [5.41, 5.74) is 1.07. The molecule has 3 aromatic carbocycles. The van der Waals surface area contributed by atoms with Gasteiger partial charge in [0.2, 0.25) is 0 Å². The Kier molecular flexibility index (Phi) is 3.23. The van der Waals surface area contributed by atoms with Crippen molar-refractivity contribution in [2.75, 3.05) is 0 Å². The van der Waals surface area contributed by atoms with Gasteiger partial charge in [0.05, 0.1) is 0 Å². The number of hydrogen-bond acceptors (Lipinski definition) is 3. The predicted molar refractivity (Wildman–Crippen MR) is 95.7 cm³/mol. The minimum atomic E-state index is -4.64. The second-order valence-electron chi connectivity index (χ2n) is 5.72. The van der Waals surface area contributed by atoms with Gasteiger partial charge >= 0.3 is 10.4 Å². The fourth-order valence-electron chi connectivity index (χ4n) is 3.35. The van der Waals surface area contributed by atoms with Crippen molar-refractivity contribution in [3.63, 3.8) is 0 Å². The van der Waals surface area contributed by atoms with Crippen molar-refractivity contribution in [3.8, 4) is 5.75 Å². The standard InChI is InChI=1S/C19H14O4S/c1-12-14-7-4-5-9-16(14)19(23-24(20,21)22)17-11-10-13-6-2-3-8-15(13)18(12)17/h2-7,9-11H,1,8H2,(H,20,21,22). The van der Waals surface area contributed by atoms with E-state index < -0.39 is 10.4 Å². The van der Waals surface area contributed by atoms with Crippen LogP contribution in [0.15, 0.2) is 48.6 Å². The summed E-state index contributed by atoms with van der Waals surface area (Å²) in [7, 11) is -4.64. The molecule has 4 rings (SSSR count). The van der Waals surface area contributed by atoms with Crippen LogP contribution in [0, 0.1) is 0 Å². The van der Waals surface area contributed by atoms with E-state index in [1.165, 1.54) is 0 Å². The zero-order valence-corrected chi connectivity index (χ0v) is 13.5. The van der Waals surface area contributed by atoms with Crippen LogP contribution >= 0.6 is 0 Å². The Bertz CT molecular complexity index is 1240. The largest absolute Gasteiger partial charge is 0.446 e. The Morgan fingerprint density at radius 2 is 1.79 bits per heavy atom. The summed E-state index contributed by atoms with van der Waals surface area (Å²) in [6.45, 7) is 4.22. The van der Waals surface area contributed by atoms with Gasteiger partial charge in [-0.05, 0) is 39.3 Å². The van der Waals surface area contributed by atoms with Crippen LogP contribution in [0.3, 0.4) is 0 Å². The van der Waals surface area contributed by atoms with E-state index in [1.807, 2.05) is 42.5 Å². The molecule has 0 fully saturated rings. The first-order valence-electron chi connectivity index (χ1n) is 7.45. The summed E-state index contributed by atoms with van der Waals surface area (Å²) in [4.78, 5) is 0. The summed E-state index contributed by atoms with van der Waals surface area (Å²) in [6.07, 6.45) is 6.78. The van der Waals surface area contributed by atoms with Gasteiger partial charge < -0.3 is 4.18 Å². The smallest absolute Gasteiger partial charge is 0.360 e. The summed E-state index contributed by atoms with van der Waals surface area (Å²) in [5.74, 6) is 0.132. The van der Waals surface area contributed by atoms with Crippen LogP contribution in [-0.4, -0.2) is 13.0 Å². The van der Waals surface area contributed by atoms with E-state index in [0.717, 1.165) is 33.2 Å². The van der Waals surface area contributed by atoms with Crippen molar-refractivity contribution >= 4 is 44.6 Å². The minimum absolute atomic E-state index is 0.132. The van der Waals surface area contributed by atoms with Gasteiger partial charge in [-0.3, -0.25) is 4.55 Å². The normalized spacial score (nSPS) is 13.7. The Morgan fingerprint density at radius 3 is 2.54 bits per heavy atom. The molecule has 4 nitrogen and oxygen atoms in total. The van der Waals surface area contributed by atoms with Crippen molar-refractivity contribution in [3.05, 3.63) is 64.6 Å². The average Bonchev–Trinajstić information content (AvgIpc) is 2.57. The Labute approximate surface area is 138 Å². The van der Waals surface area contributed by atoms with Gasteiger partial charge in [-0.1, -0.05) is 55.1 Å². The molecule has 24 heavy (non-hydrogen) atoms. The predicted octanol–water partition coefficient (Wildman–Crippen LogP) is 2.48. The first-order valence-corrected chi connectivity index (χ1v) is 8.81. The van der Waals surface area contributed by atoms with E-state index in [4.69, 9.17) is 4.18 Å². The maximum absolute atomic E-state index is 11.4. The molecule has 1 N–H and O–H groups in total. The highest BCUT2D eigenvalue weighted by Crippen LogP contribution is 2.33.